The fourth-order valence-electron chi connectivity index (χ4n) is 6.88. The molecule has 4 bridgehead atoms. The quantitative estimate of drug-likeness (QED) is 0.773. The second-order valence-corrected chi connectivity index (χ2v) is 10.4. The Morgan fingerprint density at radius 1 is 1.00 bits per heavy atom. The molecular formula is C24H30N2O3. The molecule has 4 aliphatic carbocycles. The van der Waals surface area contributed by atoms with Crippen molar-refractivity contribution in [3.8, 4) is 0 Å². The Bertz CT molecular complexity index is 804. The van der Waals surface area contributed by atoms with Gasteiger partial charge in [-0.1, -0.05) is 26.0 Å². The summed E-state index contributed by atoms with van der Waals surface area (Å²) in [7, 11) is 0. The molecule has 0 radical (unpaired) electrons. The van der Waals surface area contributed by atoms with Crippen molar-refractivity contribution in [3.05, 3.63) is 35.4 Å². The Labute approximate surface area is 172 Å². The summed E-state index contributed by atoms with van der Waals surface area (Å²) < 4.78 is 0. The summed E-state index contributed by atoms with van der Waals surface area (Å²) in [6.45, 7) is 4.06. The van der Waals surface area contributed by atoms with Crippen LogP contribution >= 0.6 is 0 Å². The molecule has 5 nitrogen and oxygen atoms in total. The Kier molecular flexibility index (Phi) is 4.34. The highest BCUT2D eigenvalue weighted by molar-refractivity contribution is 6.22. The predicted molar refractivity (Wildman–Crippen MR) is 109 cm³/mol. The van der Waals surface area contributed by atoms with Crippen LogP contribution in [-0.4, -0.2) is 34.2 Å². The summed E-state index contributed by atoms with van der Waals surface area (Å²) in [6, 6.07) is 6.15. The molecule has 0 unspecified atom stereocenters. The predicted octanol–water partition coefficient (Wildman–Crippen LogP) is 3.78. The third kappa shape index (κ3) is 3.10. The van der Waals surface area contributed by atoms with Crippen LogP contribution < -0.4 is 5.32 Å². The van der Waals surface area contributed by atoms with Crippen LogP contribution in [0.1, 0.15) is 79.5 Å². The first-order valence-electron chi connectivity index (χ1n) is 11.1. The number of carbonyl (C=O) groups excluding carboxylic acids is 3. The number of hydrogen-bond acceptors (Lipinski definition) is 3. The molecule has 154 valence electrons. The lowest BCUT2D eigenvalue weighted by atomic mass is 9.53. The number of fused-ring (bicyclic) bond motifs is 1. The zero-order chi connectivity index (χ0) is 20.3. The standard InChI is InChI=1S/C24H30N2O3/c1-14(2)7-20(26-22(28)18-5-3-4-6-19(18)23(26)29)21(27)25-24-11-15-8-16(12-24)10-17(9-15)13-24/h3-6,14-17,20H,7-13H2,1-2H3,(H,25,27)/t15?,16?,17?,20-,24?/m0/s1. The number of nitrogens with zero attached hydrogens (tertiary/aromatic N) is 1. The van der Waals surface area contributed by atoms with Crippen molar-refractivity contribution in [1.29, 1.82) is 0 Å². The van der Waals surface area contributed by atoms with E-state index in [4.69, 9.17) is 0 Å². The van der Waals surface area contributed by atoms with Gasteiger partial charge in [0.15, 0.2) is 0 Å². The maximum Gasteiger partial charge on any atom is 0.262 e. The Hall–Kier alpha value is -2.17. The Balaban J connectivity index is 1.41. The second kappa shape index (κ2) is 6.68. The van der Waals surface area contributed by atoms with Gasteiger partial charge in [-0.25, -0.2) is 0 Å². The molecule has 0 aromatic heterocycles. The highest BCUT2D eigenvalue weighted by Gasteiger charge is 2.53. The first-order valence-corrected chi connectivity index (χ1v) is 11.1. The minimum Gasteiger partial charge on any atom is -0.349 e. The van der Waals surface area contributed by atoms with Gasteiger partial charge >= 0.3 is 0 Å². The molecular weight excluding hydrogens is 364 g/mol. The molecule has 4 fully saturated rings. The van der Waals surface area contributed by atoms with E-state index in [2.05, 4.69) is 5.32 Å². The van der Waals surface area contributed by atoms with Gasteiger partial charge in [0.1, 0.15) is 6.04 Å². The van der Waals surface area contributed by atoms with Crippen LogP contribution in [-0.2, 0) is 4.79 Å². The summed E-state index contributed by atoms with van der Waals surface area (Å²) >= 11 is 0. The highest BCUT2D eigenvalue weighted by atomic mass is 16.2. The second-order valence-electron chi connectivity index (χ2n) is 10.4. The Morgan fingerprint density at radius 3 is 1.93 bits per heavy atom. The molecule has 1 aromatic rings. The number of amides is 3. The molecule has 1 heterocycles. The SMILES string of the molecule is CC(C)C[C@@H](C(=O)NC12CC3CC(CC(C3)C1)C2)N1C(=O)c2ccccc2C1=O. The van der Waals surface area contributed by atoms with Crippen LogP contribution in [0.3, 0.4) is 0 Å². The summed E-state index contributed by atoms with van der Waals surface area (Å²) in [5, 5.41) is 3.39. The maximum atomic E-state index is 13.5. The maximum absolute atomic E-state index is 13.5. The van der Waals surface area contributed by atoms with Gasteiger partial charge in [-0.05, 0) is 80.8 Å². The van der Waals surface area contributed by atoms with Crippen molar-refractivity contribution in [3.63, 3.8) is 0 Å². The van der Waals surface area contributed by atoms with E-state index in [1.165, 1.54) is 24.2 Å². The Morgan fingerprint density at radius 2 is 1.48 bits per heavy atom. The van der Waals surface area contributed by atoms with E-state index in [0.717, 1.165) is 37.0 Å². The molecule has 29 heavy (non-hydrogen) atoms. The molecule has 1 aromatic carbocycles. The fraction of sp³-hybridized carbons (Fsp3) is 0.625. The van der Waals surface area contributed by atoms with E-state index < -0.39 is 6.04 Å². The van der Waals surface area contributed by atoms with Crippen molar-refractivity contribution in [2.24, 2.45) is 23.7 Å². The van der Waals surface area contributed by atoms with Crippen LogP contribution in [0.4, 0.5) is 0 Å². The van der Waals surface area contributed by atoms with Crippen molar-refractivity contribution in [2.75, 3.05) is 0 Å². The van der Waals surface area contributed by atoms with E-state index in [0.29, 0.717) is 17.5 Å². The van der Waals surface area contributed by atoms with Gasteiger partial charge in [0, 0.05) is 5.54 Å². The molecule has 1 N–H and O–H groups in total. The minimum absolute atomic E-state index is 0.125. The average Bonchev–Trinajstić information content (AvgIpc) is 2.89. The molecule has 4 saturated carbocycles. The van der Waals surface area contributed by atoms with E-state index in [1.54, 1.807) is 24.3 Å². The lowest BCUT2D eigenvalue weighted by molar-refractivity contribution is -0.131. The zero-order valence-corrected chi connectivity index (χ0v) is 17.3. The molecule has 1 aliphatic heterocycles. The molecule has 0 saturated heterocycles. The summed E-state index contributed by atoms with van der Waals surface area (Å²) in [4.78, 5) is 40.8. The molecule has 6 rings (SSSR count). The van der Waals surface area contributed by atoms with Gasteiger partial charge in [0.2, 0.25) is 5.91 Å². The van der Waals surface area contributed by atoms with Crippen LogP contribution in [0.25, 0.3) is 0 Å². The molecule has 3 amide bonds. The van der Waals surface area contributed by atoms with Crippen molar-refractivity contribution in [2.45, 2.75) is 70.4 Å². The van der Waals surface area contributed by atoms with Crippen molar-refractivity contribution >= 4 is 17.7 Å². The minimum atomic E-state index is -0.740. The van der Waals surface area contributed by atoms with E-state index in [-0.39, 0.29) is 29.2 Å². The third-order valence-electron chi connectivity index (χ3n) is 7.56. The molecule has 5 aliphatic rings. The van der Waals surface area contributed by atoms with Gasteiger partial charge in [0.25, 0.3) is 11.8 Å². The molecule has 1 atom stereocenters. The van der Waals surface area contributed by atoms with Gasteiger partial charge in [0.05, 0.1) is 11.1 Å². The normalized spacial score (nSPS) is 33.3. The van der Waals surface area contributed by atoms with E-state index in [9.17, 15) is 14.4 Å². The zero-order valence-electron chi connectivity index (χ0n) is 17.3. The third-order valence-corrected chi connectivity index (χ3v) is 7.56. The summed E-state index contributed by atoms with van der Waals surface area (Å²) in [5.74, 6) is 1.56. The van der Waals surface area contributed by atoms with Gasteiger partial charge in [-0.2, -0.15) is 0 Å². The lowest BCUT2D eigenvalue weighted by Gasteiger charge is -2.57. The molecule has 0 spiro atoms. The van der Waals surface area contributed by atoms with Crippen LogP contribution in [0.2, 0.25) is 0 Å². The topological polar surface area (TPSA) is 66.5 Å². The van der Waals surface area contributed by atoms with Gasteiger partial charge < -0.3 is 5.32 Å². The van der Waals surface area contributed by atoms with E-state index >= 15 is 0 Å². The number of rotatable bonds is 5. The number of nitrogens with one attached hydrogen (secondary N) is 1. The van der Waals surface area contributed by atoms with Crippen LogP contribution in [0.15, 0.2) is 24.3 Å². The average molecular weight is 395 g/mol. The van der Waals surface area contributed by atoms with Gasteiger partial charge in [-0.3, -0.25) is 19.3 Å². The largest absolute Gasteiger partial charge is 0.349 e. The van der Waals surface area contributed by atoms with Crippen LogP contribution in [0.5, 0.6) is 0 Å². The number of carbonyl (C=O) groups is 3. The monoisotopic (exact) mass is 394 g/mol. The van der Waals surface area contributed by atoms with Crippen LogP contribution in [0, 0.1) is 23.7 Å². The smallest absolute Gasteiger partial charge is 0.262 e. The molecule has 5 heteroatoms. The van der Waals surface area contributed by atoms with Gasteiger partial charge in [-0.15, -0.1) is 0 Å². The fourth-order valence-corrected chi connectivity index (χ4v) is 6.88. The first kappa shape index (κ1) is 18.8. The number of imide groups is 1. The van der Waals surface area contributed by atoms with E-state index in [1.807, 2.05) is 13.8 Å². The number of hydrogen-bond donors (Lipinski definition) is 1. The lowest BCUT2D eigenvalue weighted by Crippen LogP contribution is -2.63. The first-order chi connectivity index (χ1) is 13.8. The summed E-state index contributed by atoms with van der Waals surface area (Å²) in [6.07, 6.45) is 7.59. The van der Waals surface area contributed by atoms with Crippen molar-refractivity contribution < 1.29 is 14.4 Å². The summed E-state index contributed by atoms with van der Waals surface area (Å²) in [5.41, 5.74) is 0.697. The highest BCUT2D eigenvalue weighted by Crippen LogP contribution is 2.55. The van der Waals surface area contributed by atoms with Crippen molar-refractivity contribution in [1.82, 2.24) is 10.2 Å². The number of benzene rings is 1.